The van der Waals surface area contributed by atoms with Gasteiger partial charge in [-0.15, -0.1) is 0 Å². The standard InChI is InChI=1S/C13H20N2O2/c14-12-4-5-13(16)15(10-12)7-9-17-8-6-11-2-1-3-11/h4-5,10-11H,1-3,6-9,14H2. The van der Waals surface area contributed by atoms with E-state index in [1.165, 1.54) is 25.3 Å². The molecule has 1 fully saturated rings. The third-order valence-corrected chi connectivity index (χ3v) is 3.38. The first-order chi connectivity index (χ1) is 8.25. The summed E-state index contributed by atoms with van der Waals surface area (Å²) >= 11 is 0. The number of pyridine rings is 1. The fourth-order valence-electron chi connectivity index (χ4n) is 2.02. The molecule has 0 bridgehead atoms. The number of nitrogens with zero attached hydrogens (tertiary/aromatic N) is 1. The van der Waals surface area contributed by atoms with Crippen LogP contribution >= 0.6 is 0 Å². The average Bonchev–Trinajstić information content (AvgIpc) is 2.25. The zero-order chi connectivity index (χ0) is 12.1. The minimum absolute atomic E-state index is 0.0261. The van der Waals surface area contributed by atoms with Gasteiger partial charge in [-0.2, -0.15) is 0 Å². The van der Waals surface area contributed by atoms with Gasteiger partial charge in [0.15, 0.2) is 0 Å². The minimum Gasteiger partial charge on any atom is -0.398 e. The summed E-state index contributed by atoms with van der Waals surface area (Å²) in [5.41, 5.74) is 6.21. The van der Waals surface area contributed by atoms with Crippen molar-refractivity contribution in [2.24, 2.45) is 5.92 Å². The highest BCUT2D eigenvalue weighted by Crippen LogP contribution is 2.28. The van der Waals surface area contributed by atoms with Crippen LogP contribution in [-0.2, 0) is 11.3 Å². The van der Waals surface area contributed by atoms with Gasteiger partial charge in [-0.25, -0.2) is 0 Å². The molecule has 4 nitrogen and oxygen atoms in total. The lowest BCUT2D eigenvalue weighted by Crippen LogP contribution is -2.22. The van der Waals surface area contributed by atoms with Crippen LogP contribution in [0.25, 0.3) is 0 Å². The van der Waals surface area contributed by atoms with E-state index in [9.17, 15) is 4.79 Å². The summed E-state index contributed by atoms with van der Waals surface area (Å²) in [6.07, 6.45) is 6.92. The topological polar surface area (TPSA) is 57.2 Å². The van der Waals surface area contributed by atoms with E-state index in [2.05, 4.69) is 0 Å². The van der Waals surface area contributed by atoms with Crippen molar-refractivity contribution in [2.75, 3.05) is 18.9 Å². The van der Waals surface area contributed by atoms with Crippen LogP contribution < -0.4 is 11.3 Å². The first-order valence-corrected chi connectivity index (χ1v) is 6.29. The molecule has 4 heteroatoms. The maximum Gasteiger partial charge on any atom is 0.250 e. The van der Waals surface area contributed by atoms with Crippen LogP contribution in [0.3, 0.4) is 0 Å². The van der Waals surface area contributed by atoms with E-state index in [0.29, 0.717) is 18.8 Å². The maximum absolute atomic E-state index is 11.5. The van der Waals surface area contributed by atoms with Gasteiger partial charge in [0, 0.05) is 31.1 Å². The third-order valence-electron chi connectivity index (χ3n) is 3.38. The second kappa shape index (κ2) is 5.87. The second-order valence-electron chi connectivity index (χ2n) is 4.69. The van der Waals surface area contributed by atoms with Crippen LogP contribution in [0.1, 0.15) is 25.7 Å². The fraction of sp³-hybridized carbons (Fsp3) is 0.615. The zero-order valence-corrected chi connectivity index (χ0v) is 10.1. The first kappa shape index (κ1) is 12.2. The second-order valence-corrected chi connectivity index (χ2v) is 4.69. The lowest BCUT2D eigenvalue weighted by atomic mass is 9.83. The Morgan fingerprint density at radius 3 is 2.88 bits per heavy atom. The molecule has 2 N–H and O–H groups in total. The number of anilines is 1. The van der Waals surface area contributed by atoms with Gasteiger partial charge in [0.05, 0.1) is 6.61 Å². The lowest BCUT2D eigenvalue weighted by molar-refractivity contribution is 0.0999. The summed E-state index contributed by atoms with van der Waals surface area (Å²) in [6, 6.07) is 3.11. The van der Waals surface area contributed by atoms with E-state index in [1.54, 1.807) is 16.8 Å². The molecule has 1 aromatic heterocycles. The number of nitrogens with two attached hydrogens (primary N) is 1. The molecule has 1 aliphatic carbocycles. The largest absolute Gasteiger partial charge is 0.398 e. The molecule has 94 valence electrons. The smallest absolute Gasteiger partial charge is 0.250 e. The van der Waals surface area contributed by atoms with E-state index < -0.39 is 0 Å². The summed E-state index contributed by atoms with van der Waals surface area (Å²) in [5.74, 6) is 0.880. The Hall–Kier alpha value is -1.29. The molecule has 0 radical (unpaired) electrons. The van der Waals surface area contributed by atoms with Crippen LogP contribution in [0.5, 0.6) is 0 Å². The molecular formula is C13H20N2O2. The van der Waals surface area contributed by atoms with E-state index in [-0.39, 0.29) is 5.56 Å². The van der Waals surface area contributed by atoms with Crippen molar-refractivity contribution in [3.05, 3.63) is 28.7 Å². The van der Waals surface area contributed by atoms with Gasteiger partial charge in [0.2, 0.25) is 0 Å². The highest BCUT2D eigenvalue weighted by Gasteiger charge is 2.16. The first-order valence-electron chi connectivity index (χ1n) is 6.29. The Kier molecular flexibility index (Phi) is 4.20. The van der Waals surface area contributed by atoms with Crippen LogP contribution in [-0.4, -0.2) is 17.8 Å². The minimum atomic E-state index is -0.0261. The molecule has 0 aromatic carbocycles. The van der Waals surface area contributed by atoms with Gasteiger partial charge in [-0.05, 0) is 18.4 Å². The Morgan fingerprint density at radius 2 is 2.18 bits per heavy atom. The summed E-state index contributed by atoms with van der Waals surface area (Å²) in [7, 11) is 0. The molecule has 0 atom stereocenters. The number of aromatic nitrogens is 1. The Balaban J connectivity index is 1.66. The summed E-state index contributed by atoms with van der Waals surface area (Å²) in [5, 5.41) is 0. The summed E-state index contributed by atoms with van der Waals surface area (Å²) < 4.78 is 7.13. The van der Waals surface area contributed by atoms with Crippen molar-refractivity contribution in [3.8, 4) is 0 Å². The molecule has 0 spiro atoms. The molecule has 2 rings (SSSR count). The Morgan fingerprint density at radius 1 is 1.35 bits per heavy atom. The third kappa shape index (κ3) is 3.60. The number of ether oxygens (including phenoxy) is 1. The molecule has 0 unspecified atom stereocenters. The van der Waals surface area contributed by atoms with Crippen LogP contribution in [0.4, 0.5) is 5.69 Å². The van der Waals surface area contributed by atoms with Gasteiger partial charge in [0.1, 0.15) is 0 Å². The highest BCUT2D eigenvalue weighted by atomic mass is 16.5. The van der Waals surface area contributed by atoms with Crippen molar-refractivity contribution in [1.29, 1.82) is 0 Å². The number of hydrogen-bond donors (Lipinski definition) is 1. The molecule has 0 saturated heterocycles. The molecule has 0 amide bonds. The highest BCUT2D eigenvalue weighted by molar-refractivity contribution is 5.33. The van der Waals surface area contributed by atoms with Gasteiger partial charge < -0.3 is 15.0 Å². The SMILES string of the molecule is Nc1ccc(=O)n(CCOCCC2CCC2)c1. The molecular weight excluding hydrogens is 216 g/mol. The number of hydrogen-bond acceptors (Lipinski definition) is 3. The van der Waals surface area contributed by atoms with Crippen molar-refractivity contribution in [1.82, 2.24) is 4.57 Å². The number of rotatable bonds is 6. The van der Waals surface area contributed by atoms with Crippen LogP contribution in [0.15, 0.2) is 23.1 Å². The van der Waals surface area contributed by atoms with Crippen molar-refractivity contribution in [2.45, 2.75) is 32.2 Å². The average molecular weight is 236 g/mol. The van der Waals surface area contributed by atoms with Crippen LogP contribution in [0.2, 0.25) is 0 Å². The zero-order valence-electron chi connectivity index (χ0n) is 10.1. The van der Waals surface area contributed by atoms with Crippen molar-refractivity contribution < 1.29 is 4.74 Å². The maximum atomic E-state index is 11.5. The van der Waals surface area contributed by atoms with Crippen molar-refractivity contribution in [3.63, 3.8) is 0 Å². The molecule has 17 heavy (non-hydrogen) atoms. The Bertz CT molecular complexity index is 410. The Labute approximate surface area is 101 Å². The predicted molar refractivity (Wildman–Crippen MR) is 67.9 cm³/mol. The lowest BCUT2D eigenvalue weighted by Gasteiger charge is -2.24. The molecule has 0 aliphatic heterocycles. The monoisotopic (exact) mass is 236 g/mol. The van der Waals surface area contributed by atoms with Gasteiger partial charge in [-0.1, -0.05) is 19.3 Å². The predicted octanol–water partition coefficient (Wildman–Crippen LogP) is 1.64. The van der Waals surface area contributed by atoms with Gasteiger partial charge in [0.25, 0.3) is 5.56 Å². The summed E-state index contributed by atoms with van der Waals surface area (Å²) in [4.78, 5) is 11.5. The normalized spacial score (nSPS) is 15.8. The van der Waals surface area contributed by atoms with Gasteiger partial charge in [-0.3, -0.25) is 4.79 Å². The van der Waals surface area contributed by atoms with Crippen LogP contribution in [0, 0.1) is 5.92 Å². The van der Waals surface area contributed by atoms with Crippen molar-refractivity contribution >= 4 is 5.69 Å². The van der Waals surface area contributed by atoms with Gasteiger partial charge >= 0.3 is 0 Å². The fourth-order valence-corrected chi connectivity index (χ4v) is 2.02. The number of nitrogen functional groups attached to an aromatic ring is 1. The molecule has 1 saturated carbocycles. The molecule has 1 aliphatic rings. The van der Waals surface area contributed by atoms with E-state index in [0.717, 1.165) is 18.9 Å². The molecule has 1 heterocycles. The van der Waals surface area contributed by atoms with E-state index >= 15 is 0 Å². The van der Waals surface area contributed by atoms with E-state index in [1.807, 2.05) is 0 Å². The molecule has 1 aromatic rings. The summed E-state index contributed by atoms with van der Waals surface area (Å²) in [6.45, 7) is 1.96. The van der Waals surface area contributed by atoms with E-state index in [4.69, 9.17) is 10.5 Å². The quantitative estimate of drug-likeness (QED) is 0.764.